The van der Waals surface area contributed by atoms with E-state index >= 15 is 0 Å². The Labute approximate surface area is 120 Å². The molecule has 1 aliphatic heterocycles. The fraction of sp³-hybridized carbons (Fsp3) is 0.867. The minimum Gasteiger partial charge on any atom is -0.381 e. The fourth-order valence-electron chi connectivity index (χ4n) is 3.42. The second-order valence-electron chi connectivity index (χ2n) is 6.24. The maximum Gasteiger partial charge on any atom is 0.234 e. The van der Waals surface area contributed by atoms with Crippen LogP contribution in [0.2, 0.25) is 0 Å². The molecule has 5 nitrogen and oxygen atoms in total. The third-order valence-corrected chi connectivity index (χ3v) is 4.96. The van der Waals surface area contributed by atoms with Crippen LogP contribution in [0.25, 0.3) is 0 Å². The summed E-state index contributed by atoms with van der Waals surface area (Å²) in [5.41, 5.74) is 5.84. The molecule has 20 heavy (non-hydrogen) atoms. The van der Waals surface area contributed by atoms with Crippen LogP contribution in [0.15, 0.2) is 4.52 Å². The first-order valence-electron chi connectivity index (χ1n) is 7.96. The Kier molecular flexibility index (Phi) is 4.36. The van der Waals surface area contributed by atoms with Crippen molar-refractivity contribution in [2.75, 3.05) is 19.8 Å². The van der Waals surface area contributed by atoms with Gasteiger partial charge < -0.3 is 15.0 Å². The summed E-state index contributed by atoms with van der Waals surface area (Å²) < 4.78 is 11.0. The number of aromatic nitrogens is 2. The van der Waals surface area contributed by atoms with Gasteiger partial charge in [-0.1, -0.05) is 30.8 Å². The van der Waals surface area contributed by atoms with Crippen LogP contribution in [-0.4, -0.2) is 29.9 Å². The Morgan fingerprint density at radius 2 is 1.80 bits per heavy atom. The average molecular weight is 279 g/mol. The molecule has 0 unspecified atom stereocenters. The summed E-state index contributed by atoms with van der Waals surface area (Å²) in [4.78, 5) is 4.73. The SMILES string of the molecule is NCC1(c2nc(C3CCCCCC3)no2)CCOCC1. The van der Waals surface area contributed by atoms with Gasteiger partial charge in [-0.15, -0.1) is 0 Å². The number of ether oxygens (including phenoxy) is 1. The topological polar surface area (TPSA) is 74.2 Å². The van der Waals surface area contributed by atoms with E-state index in [1.807, 2.05) is 0 Å². The Hall–Kier alpha value is -0.940. The zero-order chi connectivity index (χ0) is 13.8. The third kappa shape index (κ3) is 2.74. The smallest absolute Gasteiger partial charge is 0.234 e. The summed E-state index contributed by atoms with van der Waals surface area (Å²) in [6.07, 6.45) is 9.40. The predicted molar refractivity (Wildman–Crippen MR) is 75.5 cm³/mol. The average Bonchev–Trinajstić information content (AvgIpc) is 2.85. The minimum absolute atomic E-state index is 0.159. The van der Waals surface area contributed by atoms with Crippen molar-refractivity contribution in [3.05, 3.63) is 11.7 Å². The molecule has 0 spiro atoms. The first-order valence-corrected chi connectivity index (χ1v) is 7.96. The van der Waals surface area contributed by atoms with E-state index < -0.39 is 0 Å². The second-order valence-corrected chi connectivity index (χ2v) is 6.24. The van der Waals surface area contributed by atoms with Crippen molar-refractivity contribution in [1.82, 2.24) is 10.1 Å². The van der Waals surface area contributed by atoms with Gasteiger partial charge in [-0.2, -0.15) is 4.98 Å². The van der Waals surface area contributed by atoms with Crippen molar-refractivity contribution >= 4 is 0 Å². The van der Waals surface area contributed by atoms with Crippen molar-refractivity contribution in [1.29, 1.82) is 0 Å². The number of rotatable bonds is 3. The monoisotopic (exact) mass is 279 g/mol. The van der Waals surface area contributed by atoms with E-state index in [-0.39, 0.29) is 5.41 Å². The normalized spacial score (nSPS) is 24.4. The van der Waals surface area contributed by atoms with Crippen LogP contribution in [0.4, 0.5) is 0 Å². The van der Waals surface area contributed by atoms with Crippen molar-refractivity contribution in [2.24, 2.45) is 5.73 Å². The Bertz CT molecular complexity index is 419. The van der Waals surface area contributed by atoms with Gasteiger partial charge in [-0.3, -0.25) is 0 Å². The van der Waals surface area contributed by atoms with Gasteiger partial charge in [-0.25, -0.2) is 0 Å². The number of hydrogen-bond acceptors (Lipinski definition) is 5. The van der Waals surface area contributed by atoms with E-state index in [1.165, 1.54) is 38.5 Å². The molecule has 0 atom stereocenters. The van der Waals surface area contributed by atoms with Crippen LogP contribution in [0.5, 0.6) is 0 Å². The molecule has 1 aromatic heterocycles. The summed E-state index contributed by atoms with van der Waals surface area (Å²) in [6, 6.07) is 0. The van der Waals surface area contributed by atoms with Crippen molar-refractivity contribution in [3.63, 3.8) is 0 Å². The van der Waals surface area contributed by atoms with Crippen LogP contribution in [0.1, 0.15) is 69.0 Å². The minimum atomic E-state index is -0.159. The highest BCUT2D eigenvalue weighted by Crippen LogP contribution is 2.35. The molecular formula is C15H25N3O2. The molecule has 2 N–H and O–H groups in total. The molecule has 3 rings (SSSR count). The summed E-state index contributed by atoms with van der Waals surface area (Å²) in [7, 11) is 0. The van der Waals surface area contributed by atoms with Gasteiger partial charge >= 0.3 is 0 Å². The molecular weight excluding hydrogens is 254 g/mol. The maximum absolute atomic E-state index is 6.00. The van der Waals surface area contributed by atoms with Crippen molar-refractivity contribution in [2.45, 2.75) is 62.7 Å². The van der Waals surface area contributed by atoms with Gasteiger partial charge in [0.15, 0.2) is 5.82 Å². The van der Waals surface area contributed by atoms with E-state index in [2.05, 4.69) is 5.16 Å². The summed E-state index contributed by atoms with van der Waals surface area (Å²) in [5, 5.41) is 4.27. The molecule has 1 saturated carbocycles. The molecule has 5 heteroatoms. The van der Waals surface area contributed by atoms with Crippen LogP contribution < -0.4 is 5.73 Å². The molecule has 112 valence electrons. The molecule has 0 bridgehead atoms. The fourth-order valence-corrected chi connectivity index (χ4v) is 3.42. The lowest BCUT2D eigenvalue weighted by Gasteiger charge is -2.32. The second kappa shape index (κ2) is 6.22. The number of hydrogen-bond donors (Lipinski definition) is 1. The van der Waals surface area contributed by atoms with Crippen LogP contribution in [-0.2, 0) is 10.2 Å². The molecule has 2 aliphatic rings. The summed E-state index contributed by atoms with van der Waals surface area (Å²) >= 11 is 0. The van der Waals surface area contributed by atoms with Crippen LogP contribution in [0.3, 0.4) is 0 Å². The van der Waals surface area contributed by atoms with Gasteiger partial charge in [0.1, 0.15) is 0 Å². The highest BCUT2D eigenvalue weighted by atomic mass is 16.5. The molecule has 2 fully saturated rings. The van der Waals surface area contributed by atoms with Gasteiger partial charge in [0, 0.05) is 25.7 Å². The quantitative estimate of drug-likeness (QED) is 0.860. The van der Waals surface area contributed by atoms with Gasteiger partial charge in [0.2, 0.25) is 5.89 Å². The zero-order valence-electron chi connectivity index (χ0n) is 12.1. The van der Waals surface area contributed by atoms with E-state index in [1.54, 1.807) is 0 Å². The molecule has 1 saturated heterocycles. The van der Waals surface area contributed by atoms with Crippen molar-refractivity contribution in [3.8, 4) is 0 Å². The lowest BCUT2D eigenvalue weighted by atomic mass is 9.80. The van der Waals surface area contributed by atoms with E-state index in [4.69, 9.17) is 20.0 Å². The van der Waals surface area contributed by atoms with Crippen LogP contribution >= 0.6 is 0 Å². The lowest BCUT2D eigenvalue weighted by Crippen LogP contribution is -2.41. The molecule has 1 aromatic rings. The summed E-state index contributed by atoms with van der Waals surface area (Å²) in [5.74, 6) is 2.12. The number of nitrogens with two attached hydrogens (primary N) is 1. The molecule has 1 aliphatic carbocycles. The molecule has 0 radical (unpaired) electrons. The number of nitrogens with zero attached hydrogens (tertiary/aromatic N) is 2. The third-order valence-electron chi connectivity index (χ3n) is 4.96. The standard InChI is InChI=1S/C15H25N3O2/c16-11-15(7-9-19-10-8-15)14-17-13(18-20-14)12-5-3-1-2-4-6-12/h12H,1-11,16H2. The van der Waals surface area contributed by atoms with Crippen LogP contribution in [0, 0.1) is 0 Å². The highest BCUT2D eigenvalue weighted by molar-refractivity contribution is 5.09. The van der Waals surface area contributed by atoms with Gasteiger partial charge in [0.25, 0.3) is 0 Å². The first-order chi connectivity index (χ1) is 9.84. The summed E-state index contributed by atoms with van der Waals surface area (Å²) in [6.45, 7) is 2.03. The molecule has 0 aromatic carbocycles. The van der Waals surface area contributed by atoms with E-state index in [9.17, 15) is 0 Å². The maximum atomic E-state index is 6.00. The van der Waals surface area contributed by atoms with Gasteiger partial charge in [-0.05, 0) is 25.7 Å². The Balaban J connectivity index is 1.77. The first kappa shape index (κ1) is 14.0. The molecule has 2 heterocycles. The Morgan fingerprint density at radius 3 is 2.45 bits per heavy atom. The van der Waals surface area contributed by atoms with Gasteiger partial charge in [0.05, 0.1) is 5.41 Å². The lowest BCUT2D eigenvalue weighted by molar-refractivity contribution is 0.0409. The highest BCUT2D eigenvalue weighted by Gasteiger charge is 2.39. The largest absolute Gasteiger partial charge is 0.381 e. The molecule has 0 amide bonds. The van der Waals surface area contributed by atoms with E-state index in [0.717, 1.165) is 37.8 Å². The Morgan fingerprint density at radius 1 is 1.10 bits per heavy atom. The van der Waals surface area contributed by atoms with E-state index in [0.29, 0.717) is 12.5 Å². The van der Waals surface area contributed by atoms with Crippen molar-refractivity contribution < 1.29 is 9.26 Å². The predicted octanol–water partition coefficient (Wildman–Crippen LogP) is 2.51. The zero-order valence-corrected chi connectivity index (χ0v) is 12.1.